The first kappa shape index (κ1) is 20.6. The van der Waals surface area contributed by atoms with Gasteiger partial charge in [-0.05, 0) is 59.2 Å². The molecule has 0 unspecified atom stereocenters. The molecule has 3 amide bonds. The van der Waals surface area contributed by atoms with E-state index in [0.29, 0.717) is 16.3 Å². The normalized spacial score (nSPS) is 14.8. The van der Waals surface area contributed by atoms with Gasteiger partial charge >= 0.3 is 6.03 Å². The molecule has 0 bridgehead atoms. The number of halogens is 2. The first-order valence-corrected chi connectivity index (χ1v) is 9.92. The fourth-order valence-corrected chi connectivity index (χ4v) is 3.22. The highest BCUT2D eigenvalue weighted by molar-refractivity contribution is 6.30. The van der Waals surface area contributed by atoms with Crippen molar-refractivity contribution in [1.82, 2.24) is 10.2 Å². The molecule has 1 aliphatic rings. The molecule has 0 spiro atoms. The number of ether oxygens (including phenoxy) is 1. The van der Waals surface area contributed by atoms with Crippen LogP contribution < -0.4 is 10.1 Å². The van der Waals surface area contributed by atoms with Crippen LogP contribution in [0, 0.1) is 5.82 Å². The van der Waals surface area contributed by atoms with Crippen LogP contribution in [0.1, 0.15) is 16.7 Å². The lowest BCUT2D eigenvalue weighted by Gasteiger charge is -2.11. The summed E-state index contributed by atoms with van der Waals surface area (Å²) in [5, 5.41) is 3.20. The van der Waals surface area contributed by atoms with Gasteiger partial charge in [-0.2, -0.15) is 0 Å². The summed E-state index contributed by atoms with van der Waals surface area (Å²) in [5.74, 6) is -0.114. The quantitative estimate of drug-likeness (QED) is 0.429. The highest BCUT2D eigenvalue weighted by Crippen LogP contribution is 2.21. The number of carbonyl (C=O) groups is 2. The number of hydrogen-bond acceptors (Lipinski definition) is 3. The molecule has 156 valence electrons. The van der Waals surface area contributed by atoms with E-state index in [1.54, 1.807) is 66.7 Å². The van der Waals surface area contributed by atoms with Crippen molar-refractivity contribution in [3.05, 3.63) is 106 Å². The van der Waals surface area contributed by atoms with E-state index in [2.05, 4.69) is 5.32 Å². The maximum Gasteiger partial charge on any atom is 0.329 e. The molecule has 0 radical (unpaired) electrons. The summed E-state index contributed by atoms with van der Waals surface area (Å²) in [6, 6.07) is 19.7. The van der Waals surface area contributed by atoms with Gasteiger partial charge in [0.05, 0.1) is 6.54 Å². The average Bonchev–Trinajstić information content (AvgIpc) is 3.02. The molecule has 1 N–H and O–H groups in total. The van der Waals surface area contributed by atoms with Crippen LogP contribution in [0.5, 0.6) is 5.75 Å². The van der Waals surface area contributed by atoms with Gasteiger partial charge in [0.15, 0.2) is 0 Å². The van der Waals surface area contributed by atoms with Crippen LogP contribution in [0.3, 0.4) is 0 Å². The first-order valence-electron chi connectivity index (χ1n) is 9.54. The van der Waals surface area contributed by atoms with Crippen molar-refractivity contribution in [2.75, 3.05) is 0 Å². The molecular formula is C24H18ClFN2O3. The van der Waals surface area contributed by atoms with Crippen molar-refractivity contribution in [3.63, 3.8) is 0 Å². The molecule has 0 saturated carbocycles. The summed E-state index contributed by atoms with van der Waals surface area (Å²) in [6.07, 6.45) is 1.60. The van der Waals surface area contributed by atoms with Gasteiger partial charge in [0.2, 0.25) is 0 Å². The molecule has 3 aromatic carbocycles. The van der Waals surface area contributed by atoms with E-state index in [1.807, 2.05) is 0 Å². The van der Waals surface area contributed by atoms with Crippen LogP contribution in [0.2, 0.25) is 5.02 Å². The Kier molecular flexibility index (Phi) is 6.00. The lowest BCUT2D eigenvalue weighted by molar-refractivity contribution is -0.123. The molecular weight excluding hydrogens is 419 g/mol. The third kappa shape index (κ3) is 5.10. The van der Waals surface area contributed by atoms with Gasteiger partial charge < -0.3 is 10.1 Å². The largest absolute Gasteiger partial charge is 0.489 e. The Hall–Kier alpha value is -3.64. The summed E-state index contributed by atoms with van der Waals surface area (Å²) < 4.78 is 18.8. The number of urea groups is 1. The second-order valence-corrected chi connectivity index (χ2v) is 7.43. The Morgan fingerprint density at radius 2 is 1.68 bits per heavy atom. The molecule has 1 heterocycles. The lowest BCUT2D eigenvalue weighted by Crippen LogP contribution is -2.30. The number of rotatable bonds is 6. The number of nitrogens with one attached hydrogen (secondary N) is 1. The molecule has 3 aromatic rings. The van der Waals surface area contributed by atoms with Crippen LogP contribution >= 0.6 is 11.6 Å². The molecule has 1 aliphatic heterocycles. The minimum atomic E-state index is -0.477. The highest BCUT2D eigenvalue weighted by Gasteiger charge is 2.33. The molecule has 0 atom stereocenters. The highest BCUT2D eigenvalue weighted by atomic mass is 35.5. The predicted octanol–water partition coefficient (Wildman–Crippen LogP) is 5.15. The zero-order chi connectivity index (χ0) is 21.8. The van der Waals surface area contributed by atoms with Crippen LogP contribution in [0.15, 0.2) is 78.5 Å². The van der Waals surface area contributed by atoms with E-state index in [0.717, 1.165) is 16.0 Å². The number of nitrogens with zero attached hydrogens (tertiary/aromatic N) is 1. The Morgan fingerprint density at radius 1 is 0.968 bits per heavy atom. The van der Waals surface area contributed by atoms with Gasteiger partial charge in [-0.3, -0.25) is 9.69 Å². The summed E-state index contributed by atoms with van der Waals surface area (Å²) in [5.41, 5.74) is 2.52. The predicted molar refractivity (Wildman–Crippen MR) is 116 cm³/mol. The molecule has 5 nitrogen and oxygen atoms in total. The minimum Gasteiger partial charge on any atom is -0.489 e. The van der Waals surface area contributed by atoms with Gasteiger partial charge in [0, 0.05) is 5.02 Å². The second kappa shape index (κ2) is 9.02. The summed E-state index contributed by atoms with van der Waals surface area (Å²) in [6.45, 7) is 0.435. The zero-order valence-corrected chi connectivity index (χ0v) is 17.1. The van der Waals surface area contributed by atoms with E-state index in [1.165, 1.54) is 12.1 Å². The maximum atomic E-state index is 13.0. The van der Waals surface area contributed by atoms with E-state index in [9.17, 15) is 14.0 Å². The van der Waals surface area contributed by atoms with Crippen molar-refractivity contribution in [3.8, 4) is 5.75 Å². The Bertz CT molecular complexity index is 1140. The zero-order valence-electron chi connectivity index (χ0n) is 16.3. The molecule has 4 rings (SSSR count). The SMILES string of the molecule is O=C1N/C(=C\c2cccc(OCc3ccc(F)cc3)c2)C(=O)N1Cc1ccc(Cl)cc1. The number of amides is 3. The lowest BCUT2D eigenvalue weighted by atomic mass is 10.1. The third-order valence-electron chi connectivity index (χ3n) is 4.70. The van der Waals surface area contributed by atoms with Gasteiger partial charge in [-0.1, -0.05) is 48.0 Å². The summed E-state index contributed by atoms with van der Waals surface area (Å²) in [4.78, 5) is 26.1. The van der Waals surface area contributed by atoms with E-state index in [-0.39, 0.29) is 24.7 Å². The molecule has 0 aromatic heterocycles. The van der Waals surface area contributed by atoms with Crippen molar-refractivity contribution in [1.29, 1.82) is 0 Å². The van der Waals surface area contributed by atoms with Crippen LogP contribution in [0.4, 0.5) is 9.18 Å². The van der Waals surface area contributed by atoms with Gasteiger partial charge in [0.1, 0.15) is 23.9 Å². The molecule has 0 aliphatic carbocycles. The van der Waals surface area contributed by atoms with Crippen LogP contribution in [-0.4, -0.2) is 16.8 Å². The van der Waals surface area contributed by atoms with Crippen LogP contribution in [0.25, 0.3) is 6.08 Å². The van der Waals surface area contributed by atoms with E-state index < -0.39 is 11.9 Å². The second-order valence-electron chi connectivity index (χ2n) is 6.99. The molecule has 1 saturated heterocycles. The topological polar surface area (TPSA) is 58.6 Å². The fraction of sp³-hybridized carbons (Fsp3) is 0.0833. The van der Waals surface area contributed by atoms with E-state index in [4.69, 9.17) is 16.3 Å². The standard InChI is InChI=1S/C24H18ClFN2O3/c25-19-8-4-16(5-9-19)14-28-23(29)22(27-24(28)30)13-18-2-1-3-21(12-18)31-15-17-6-10-20(26)11-7-17/h1-13H,14-15H2,(H,27,30)/b22-13-. The number of hydrogen-bond donors (Lipinski definition) is 1. The average molecular weight is 437 g/mol. The van der Waals surface area contributed by atoms with Crippen molar-refractivity contribution in [2.24, 2.45) is 0 Å². The summed E-state index contributed by atoms with van der Waals surface area (Å²) in [7, 11) is 0. The van der Waals surface area contributed by atoms with Crippen molar-refractivity contribution < 1.29 is 18.7 Å². The summed E-state index contributed by atoms with van der Waals surface area (Å²) >= 11 is 5.88. The van der Waals surface area contributed by atoms with Crippen molar-refractivity contribution in [2.45, 2.75) is 13.2 Å². The maximum absolute atomic E-state index is 13.0. The van der Waals surface area contributed by atoms with Gasteiger partial charge in [-0.25, -0.2) is 9.18 Å². The molecule has 7 heteroatoms. The number of benzene rings is 3. The Labute approximate surface area is 183 Å². The third-order valence-corrected chi connectivity index (χ3v) is 4.96. The minimum absolute atomic E-state index is 0.153. The van der Waals surface area contributed by atoms with Crippen molar-refractivity contribution >= 4 is 29.6 Å². The number of imide groups is 1. The van der Waals surface area contributed by atoms with Gasteiger partial charge in [-0.15, -0.1) is 0 Å². The van der Waals surface area contributed by atoms with Crippen LogP contribution in [-0.2, 0) is 17.9 Å². The van der Waals surface area contributed by atoms with E-state index >= 15 is 0 Å². The Morgan fingerprint density at radius 3 is 2.42 bits per heavy atom. The smallest absolute Gasteiger partial charge is 0.329 e. The number of carbonyl (C=O) groups excluding carboxylic acids is 2. The van der Waals surface area contributed by atoms with Gasteiger partial charge in [0.25, 0.3) is 5.91 Å². The Balaban J connectivity index is 1.44. The fourth-order valence-electron chi connectivity index (χ4n) is 3.10. The first-order chi connectivity index (χ1) is 15.0. The molecule has 1 fully saturated rings. The molecule has 31 heavy (non-hydrogen) atoms. The monoisotopic (exact) mass is 436 g/mol.